The highest BCUT2D eigenvalue weighted by molar-refractivity contribution is 7.09. The third-order valence-corrected chi connectivity index (χ3v) is 7.03. The number of rotatable bonds is 18. The minimum absolute atomic E-state index is 0.664. The van der Waals surface area contributed by atoms with E-state index in [0.717, 1.165) is 28.7 Å². The van der Waals surface area contributed by atoms with Gasteiger partial charge in [0.15, 0.2) is 0 Å². The fourth-order valence-electron chi connectivity index (χ4n) is 4.31. The van der Waals surface area contributed by atoms with Gasteiger partial charge in [-0.25, -0.2) is 9.97 Å². The fraction of sp³-hybridized carbons (Fsp3) is 0.586. The average molecular weight is 467 g/mol. The summed E-state index contributed by atoms with van der Waals surface area (Å²) in [7, 11) is 0. The van der Waals surface area contributed by atoms with Gasteiger partial charge in [0.2, 0.25) is 5.88 Å². The number of fused-ring (bicyclic) bond motifs is 1. The molecule has 0 spiro atoms. The Hall–Kier alpha value is -1.94. The molecule has 2 heterocycles. The number of benzene rings is 1. The molecule has 0 radical (unpaired) electrons. The van der Waals surface area contributed by atoms with E-state index in [1.807, 2.05) is 29.0 Å². The van der Waals surface area contributed by atoms with Crippen LogP contribution >= 0.6 is 11.3 Å². The van der Waals surface area contributed by atoms with Gasteiger partial charge < -0.3 is 4.74 Å². The molecule has 4 heteroatoms. The smallest absolute Gasteiger partial charge is 0.241 e. The molecule has 0 aliphatic heterocycles. The molecule has 0 aliphatic rings. The van der Waals surface area contributed by atoms with Crippen LogP contribution in [0.1, 0.15) is 103 Å². The summed E-state index contributed by atoms with van der Waals surface area (Å²) < 4.78 is 6.11. The summed E-state index contributed by atoms with van der Waals surface area (Å²) in [4.78, 5) is 9.56. The van der Waals surface area contributed by atoms with Crippen molar-refractivity contribution >= 4 is 22.4 Å². The highest BCUT2D eigenvalue weighted by Crippen LogP contribution is 2.30. The van der Waals surface area contributed by atoms with Gasteiger partial charge in [0.1, 0.15) is 16.7 Å². The van der Waals surface area contributed by atoms with Crippen molar-refractivity contribution in [2.24, 2.45) is 0 Å². The third-order valence-electron chi connectivity index (χ3n) is 6.31. The Morgan fingerprint density at radius 1 is 0.636 bits per heavy atom. The molecule has 2 aromatic heterocycles. The Kier molecular flexibility index (Phi) is 12.3. The third kappa shape index (κ3) is 9.44. The molecule has 1 aromatic carbocycles. The van der Waals surface area contributed by atoms with Gasteiger partial charge in [0.25, 0.3) is 0 Å². The Morgan fingerprint density at radius 3 is 1.73 bits per heavy atom. The van der Waals surface area contributed by atoms with Crippen molar-refractivity contribution in [1.29, 1.82) is 0 Å². The van der Waals surface area contributed by atoms with Crippen LogP contribution in [-0.2, 0) is 0 Å². The van der Waals surface area contributed by atoms with E-state index in [1.165, 1.54) is 89.9 Å². The van der Waals surface area contributed by atoms with Crippen LogP contribution in [0.4, 0.5) is 0 Å². The zero-order chi connectivity index (χ0) is 23.0. The van der Waals surface area contributed by atoms with E-state index < -0.39 is 0 Å². The number of thiophene rings is 1. The lowest BCUT2D eigenvalue weighted by molar-refractivity contribution is 0.294. The molecule has 0 unspecified atom stereocenters. The standard InChI is InChI=1S/C29H42N2OS/c1-2-3-4-5-6-7-8-9-10-11-12-13-14-15-19-22-32-29-28(25-20-17-16-18-21-25)30-26-23-33-24-27(26)31-29/h16-18,20-21,23-24H,2-15,19,22H2,1H3. The van der Waals surface area contributed by atoms with Gasteiger partial charge in [-0.05, 0) is 6.42 Å². The van der Waals surface area contributed by atoms with Crippen molar-refractivity contribution < 1.29 is 4.74 Å². The van der Waals surface area contributed by atoms with E-state index in [2.05, 4.69) is 19.1 Å². The van der Waals surface area contributed by atoms with Crippen LogP contribution < -0.4 is 4.74 Å². The number of ether oxygens (including phenoxy) is 1. The van der Waals surface area contributed by atoms with Gasteiger partial charge in [-0.15, -0.1) is 11.3 Å². The molecule has 0 amide bonds. The lowest BCUT2D eigenvalue weighted by Gasteiger charge is -2.10. The Morgan fingerprint density at radius 2 is 1.15 bits per heavy atom. The molecule has 0 N–H and O–H groups in total. The van der Waals surface area contributed by atoms with Crippen LogP contribution in [0.15, 0.2) is 41.1 Å². The minimum Gasteiger partial charge on any atom is -0.476 e. The maximum Gasteiger partial charge on any atom is 0.241 e. The number of unbranched alkanes of at least 4 members (excludes halogenated alkanes) is 14. The van der Waals surface area contributed by atoms with Crippen molar-refractivity contribution in [1.82, 2.24) is 9.97 Å². The molecule has 3 aromatic rings. The Labute approximate surface area is 205 Å². The fourth-order valence-corrected chi connectivity index (χ4v) is 4.98. The van der Waals surface area contributed by atoms with Gasteiger partial charge in [-0.3, -0.25) is 0 Å². The SMILES string of the molecule is CCCCCCCCCCCCCCCCCOc1nc2cscc2nc1-c1ccccc1. The van der Waals surface area contributed by atoms with Gasteiger partial charge in [-0.2, -0.15) is 0 Å². The molecule has 180 valence electrons. The number of hydrogen-bond acceptors (Lipinski definition) is 4. The van der Waals surface area contributed by atoms with Crippen molar-refractivity contribution in [3.63, 3.8) is 0 Å². The first-order chi connectivity index (χ1) is 16.4. The van der Waals surface area contributed by atoms with Crippen LogP contribution in [0.5, 0.6) is 5.88 Å². The first-order valence-electron chi connectivity index (χ1n) is 13.3. The predicted octanol–water partition coefficient (Wildman–Crippen LogP) is 9.61. The highest BCUT2D eigenvalue weighted by atomic mass is 32.1. The first-order valence-corrected chi connectivity index (χ1v) is 14.2. The van der Waals surface area contributed by atoms with E-state index in [-0.39, 0.29) is 0 Å². The molecular weight excluding hydrogens is 424 g/mol. The summed E-state index contributed by atoms with van der Waals surface area (Å²) in [6.45, 7) is 3.00. The second-order valence-electron chi connectivity index (χ2n) is 9.18. The molecule has 0 aliphatic carbocycles. The van der Waals surface area contributed by atoms with E-state index in [0.29, 0.717) is 12.5 Å². The summed E-state index contributed by atoms with van der Waals surface area (Å²) in [6, 6.07) is 10.2. The lowest BCUT2D eigenvalue weighted by atomic mass is 10.0. The summed E-state index contributed by atoms with van der Waals surface area (Å²) >= 11 is 1.63. The molecule has 3 rings (SSSR count). The summed E-state index contributed by atoms with van der Waals surface area (Å²) in [5.74, 6) is 0.664. The van der Waals surface area contributed by atoms with Crippen molar-refractivity contribution in [2.45, 2.75) is 103 Å². The zero-order valence-electron chi connectivity index (χ0n) is 20.6. The van der Waals surface area contributed by atoms with E-state index in [4.69, 9.17) is 14.7 Å². The lowest BCUT2D eigenvalue weighted by Crippen LogP contribution is -2.02. The molecule has 0 bridgehead atoms. The predicted molar refractivity (Wildman–Crippen MR) is 143 cm³/mol. The molecule has 0 fully saturated rings. The summed E-state index contributed by atoms with van der Waals surface area (Å²) in [5, 5.41) is 4.09. The van der Waals surface area contributed by atoms with E-state index in [9.17, 15) is 0 Å². The normalized spacial score (nSPS) is 11.3. The maximum absolute atomic E-state index is 6.11. The van der Waals surface area contributed by atoms with Crippen molar-refractivity contribution in [2.75, 3.05) is 6.61 Å². The van der Waals surface area contributed by atoms with Crippen LogP contribution in [0.25, 0.3) is 22.3 Å². The minimum atomic E-state index is 0.664. The molecule has 0 saturated heterocycles. The highest BCUT2D eigenvalue weighted by Gasteiger charge is 2.12. The topological polar surface area (TPSA) is 35.0 Å². The number of hydrogen-bond donors (Lipinski definition) is 0. The monoisotopic (exact) mass is 466 g/mol. The van der Waals surface area contributed by atoms with Gasteiger partial charge in [0, 0.05) is 16.3 Å². The Balaban J connectivity index is 1.25. The summed E-state index contributed by atoms with van der Waals surface area (Å²) in [5.41, 5.74) is 3.77. The number of aromatic nitrogens is 2. The van der Waals surface area contributed by atoms with Gasteiger partial charge in [0.05, 0.1) is 6.61 Å². The molecular formula is C29H42N2OS. The van der Waals surface area contributed by atoms with E-state index in [1.54, 1.807) is 11.3 Å². The second kappa shape index (κ2) is 15.8. The largest absolute Gasteiger partial charge is 0.476 e. The van der Waals surface area contributed by atoms with Gasteiger partial charge in [-0.1, -0.05) is 127 Å². The van der Waals surface area contributed by atoms with Crippen molar-refractivity contribution in [3.8, 4) is 17.1 Å². The molecule has 0 atom stereocenters. The molecule has 0 saturated carbocycles. The summed E-state index contributed by atoms with van der Waals surface area (Å²) in [6.07, 6.45) is 20.6. The van der Waals surface area contributed by atoms with Gasteiger partial charge >= 0.3 is 0 Å². The number of nitrogens with zero attached hydrogens (tertiary/aromatic N) is 2. The average Bonchev–Trinajstić information content (AvgIpc) is 3.31. The molecule has 33 heavy (non-hydrogen) atoms. The Bertz CT molecular complexity index is 893. The zero-order valence-corrected chi connectivity index (χ0v) is 21.4. The quantitative estimate of drug-likeness (QED) is 0.175. The van der Waals surface area contributed by atoms with Crippen LogP contribution in [-0.4, -0.2) is 16.6 Å². The van der Waals surface area contributed by atoms with Crippen LogP contribution in [0, 0.1) is 0 Å². The van der Waals surface area contributed by atoms with Crippen molar-refractivity contribution in [3.05, 3.63) is 41.1 Å². The molecule has 3 nitrogen and oxygen atoms in total. The van der Waals surface area contributed by atoms with Crippen LogP contribution in [0.3, 0.4) is 0 Å². The van der Waals surface area contributed by atoms with E-state index >= 15 is 0 Å². The van der Waals surface area contributed by atoms with Crippen LogP contribution in [0.2, 0.25) is 0 Å². The first kappa shape index (κ1) is 25.7. The maximum atomic E-state index is 6.11. The second-order valence-corrected chi connectivity index (χ2v) is 9.93.